The van der Waals surface area contributed by atoms with Crippen molar-refractivity contribution in [1.82, 2.24) is 10.3 Å². The van der Waals surface area contributed by atoms with Crippen LogP contribution in [0.5, 0.6) is 11.5 Å². The summed E-state index contributed by atoms with van der Waals surface area (Å²) in [7, 11) is 0. The maximum absolute atomic E-state index is 12.2. The summed E-state index contributed by atoms with van der Waals surface area (Å²) in [5.41, 5.74) is 1.79. The van der Waals surface area contributed by atoms with E-state index in [4.69, 9.17) is 21.1 Å². The zero-order chi connectivity index (χ0) is 18.6. The van der Waals surface area contributed by atoms with Crippen molar-refractivity contribution in [3.63, 3.8) is 0 Å². The van der Waals surface area contributed by atoms with Gasteiger partial charge in [0.05, 0.1) is 22.0 Å². The highest BCUT2D eigenvalue weighted by molar-refractivity contribution is 7.20. The smallest absolute Gasteiger partial charge is 0.226 e. The van der Waals surface area contributed by atoms with E-state index in [1.54, 1.807) is 22.7 Å². The van der Waals surface area contributed by atoms with Gasteiger partial charge in [0, 0.05) is 11.9 Å². The lowest BCUT2D eigenvalue weighted by Gasteiger charge is -2.20. The molecule has 3 aromatic rings. The minimum atomic E-state index is -0.0401. The number of carbonyl (C=O) groups is 1. The number of carbonyl (C=O) groups excluding carboxylic acids is 1. The molecule has 1 aliphatic rings. The predicted octanol–water partition coefficient (Wildman–Crippen LogP) is 4.20. The number of thiophene rings is 1. The molecule has 0 radical (unpaired) electrons. The highest BCUT2D eigenvalue weighted by Crippen LogP contribution is 2.38. The quantitative estimate of drug-likeness (QED) is 0.649. The molecule has 3 heterocycles. The molecule has 0 saturated heterocycles. The summed E-state index contributed by atoms with van der Waals surface area (Å²) in [4.78, 5) is 17.8. The highest BCUT2D eigenvalue weighted by Gasteiger charge is 2.16. The Labute approximate surface area is 169 Å². The summed E-state index contributed by atoms with van der Waals surface area (Å²) in [5.74, 6) is 1.22. The molecule has 1 aliphatic heterocycles. The molecule has 5 nitrogen and oxygen atoms in total. The van der Waals surface area contributed by atoms with E-state index in [0.29, 0.717) is 42.7 Å². The molecule has 0 bridgehead atoms. The van der Waals surface area contributed by atoms with Crippen LogP contribution < -0.4 is 14.8 Å². The Morgan fingerprint density at radius 2 is 2.15 bits per heavy atom. The van der Waals surface area contributed by atoms with Gasteiger partial charge in [-0.25, -0.2) is 4.98 Å². The van der Waals surface area contributed by atoms with Gasteiger partial charge in [-0.1, -0.05) is 17.7 Å². The van der Waals surface area contributed by atoms with E-state index in [1.165, 1.54) is 0 Å². The van der Waals surface area contributed by atoms with E-state index < -0.39 is 0 Å². The lowest BCUT2D eigenvalue weighted by molar-refractivity contribution is -0.120. The van der Waals surface area contributed by atoms with Crippen molar-refractivity contribution in [2.75, 3.05) is 19.8 Å². The fourth-order valence-electron chi connectivity index (χ4n) is 2.78. The van der Waals surface area contributed by atoms with Gasteiger partial charge in [-0.2, -0.15) is 0 Å². The van der Waals surface area contributed by atoms with Crippen molar-refractivity contribution >= 4 is 40.2 Å². The van der Waals surface area contributed by atoms with Gasteiger partial charge >= 0.3 is 0 Å². The number of benzene rings is 1. The molecule has 0 aliphatic carbocycles. The zero-order valence-corrected chi connectivity index (χ0v) is 16.8. The van der Waals surface area contributed by atoms with Crippen LogP contribution in [0.3, 0.4) is 0 Å². The van der Waals surface area contributed by atoms with Gasteiger partial charge in [-0.3, -0.25) is 4.79 Å². The van der Waals surface area contributed by atoms with Crippen LogP contribution >= 0.6 is 34.3 Å². The number of nitrogens with one attached hydrogen (secondary N) is 1. The van der Waals surface area contributed by atoms with E-state index in [1.807, 2.05) is 35.0 Å². The first-order valence-electron chi connectivity index (χ1n) is 8.52. The minimum Gasteiger partial charge on any atom is -0.486 e. The molecule has 1 N–H and O–H groups in total. The van der Waals surface area contributed by atoms with Crippen LogP contribution in [0.15, 0.2) is 35.0 Å². The van der Waals surface area contributed by atoms with Crippen molar-refractivity contribution in [1.29, 1.82) is 0 Å². The Kier molecular flexibility index (Phi) is 5.61. The summed E-state index contributed by atoms with van der Waals surface area (Å²) in [6, 6.07) is 7.80. The Bertz CT molecular complexity index is 941. The molecule has 0 fully saturated rings. The molecule has 140 valence electrons. The van der Waals surface area contributed by atoms with Crippen LogP contribution in [-0.4, -0.2) is 30.6 Å². The van der Waals surface area contributed by atoms with Crippen LogP contribution in [0.25, 0.3) is 9.88 Å². The Balaban J connectivity index is 1.29. The second kappa shape index (κ2) is 8.29. The number of aromatic nitrogens is 1. The zero-order valence-electron chi connectivity index (χ0n) is 14.4. The Morgan fingerprint density at radius 1 is 1.26 bits per heavy atom. The molecule has 0 atom stereocenters. The Morgan fingerprint density at radius 3 is 3.00 bits per heavy atom. The fraction of sp³-hybridized carbons (Fsp3) is 0.263. The van der Waals surface area contributed by atoms with Gasteiger partial charge in [-0.05, 0) is 35.6 Å². The van der Waals surface area contributed by atoms with Crippen molar-refractivity contribution in [2.45, 2.75) is 12.8 Å². The third-order valence-corrected chi connectivity index (χ3v) is 6.23. The lowest BCUT2D eigenvalue weighted by atomic mass is 10.1. The topological polar surface area (TPSA) is 60.5 Å². The van der Waals surface area contributed by atoms with Gasteiger partial charge in [0.1, 0.15) is 18.2 Å². The molecule has 0 unspecified atom stereocenters. The predicted molar refractivity (Wildman–Crippen MR) is 108 cm³/mol. The SMILES string of the molecule is O=C(Cc1csc(-c2cccs2)n1)NCCc1cc(Cl)c2c(c1)OCCO2. The van der Waals surface area contributed by atoms with Gasteiger partial charge < -0.3 is 14.8 Å². The summed E-state index contributed by atoms with van der Waals surface area (Å²) in [5, 5.41) is 8.39. The molecule has 2 aromatic heterocycles. The maximum atomic E-state index is 12.2. The molecule has 1 aromatic carbocycles. The average molecular weight is 421 g/mol. The largest absolute Gasteiger partial charge is 0.486 e. The van der Waals surface area contributed by atoms with Gasteiger partial charge in [0.2, 0.25) is 5.91 Å². The number of ether oxygens (including phenoxy) is 2. The average Bonchev–Trinajstić information content (AvgIpc) is 3.33. The van der Waals surface area contributed by atoms with Crippen molar-refractivity contribution in [3.8, 4) is 21.4 Å². The van der Waals surface area contributed by atoms with Crippen molar-refractivity contribution in [2.24, 2.45) is 0 Å². The first-order valence-corrected chi connectivity index (χ1v) is 10.7. The molecule has 27 heavy (non-hydrogen) atoms. The second-order valence-electron chi connectivity index (χ2n) is 6.00. The maximum Gasteiger partial charge on any atom is 0.226 e. The monoisotopic (exact) mass is 420 g/mol. The van der Waals surface area contributed by atoms with E-state index >= 15 is 0 Å². The first kappa shape index (κ1) is 18.3. The number of amides is 1. The number of hydrogen-bond acceptors (Lipinski definition) is 6. The van der Waals surface area contributed by atoms with Crippen LogP contribution in [0.1, 0.15) is 11.3 Å². The summed E-state index contributed by atoms with van der Waals surface area (Å²) >= 11 is 9.45. The highest BCUT2D eigenvalue weighted by atomic mass is 35.5. The molecule has 0 saturated carbocycles. The standard InChI is InChI=1S/C19H17ClN2O3S2/c20-14-8-12(9-15-18(14)25-6-5-24-15)3-4-21-17(23)10-13-11-27-19(22-13)16-2-1-7-26-16/h1-2,7-9,11H,3-6,10H2,(H,21,23). The third kappa shape index (κ3) is 4.43. The number of rotatable bonds is 6. The third-order valence-electron chi connectivity index (χ3n) is 4.02. The number of fused-ring (bicyclic) bond motifs is 1. The van der Waals surface area contributed by atoms with E-state index in [9.17, 15) is 4.79 Å². The number of nitrogens with zero attached hydrogens (tertiary/aromatic N) is 1. The number of hydrogen-bond donors (Lipinski definition) is 1. The van der Waals surface area contributed by atoms with Crippen LogP contribution in [0, 0.1) is 0 Å². The van der Waals surface area contributed by atoms with Crippen LogP contribution in [-0.2, 0) is 17.6 Å². The van der Waals surface area contributed by atoms with E-state index in [0.717, 1.165) is 21.1 Å². The van der Waals surface area contributed by atoms with Gasteiger partial charge in [0.15, 0.2) is 11.5 Å². The van der Waals surface area contributed by atoms with E-state index in [2.05, 4.69) is 10.3 Å². The lowest BCUT2D eigenvalue weighted by Crippen LogP contribution is -2.27. The number of halogens is 1. The van der Waals surface area contributed by atoms with Crippen molar-refractivity contribution in [3.05, 3.63) is 51.3 Å². The summed E-state index contributed by atoms with van der Waals surface area (Å²) < 4.78 is 11.1. The summed E-state index contributed by atoms with van der Waals surface area (Å²) in [6.45, 7) is 1.55. The molecule has 4 rings (SSSR count). The molecule has 8 heteroatoms. The van der Waals surface area contributed by atoms with E-state index in [-0.39, 0.29) is 12.3 Å². The van der Waals surface area contributed by atoms with Crippen LogP contribution in [0.4, 0.5) is 0 Å². The van der Waals surface area contributed by atoms with Gasteiger partial charge in [0.25, 0.3) is 0 Å². The number of thiazole rings is 1. The molecule has 1 amide bonds. The summed E-state index contributed by atoms with van der Waals surface area (Å²) in [6.07, 6.45) is 0.948. The molecular weight excluding hydrogens is 404 g/mol. The Hall–Kier alpha value is -2.09. The first-order chi connectivity index (χ1) is 13.2. The second-order valence-corrected chi connectivity index (χ2v) is 8.21. The normalized spacial score (nSPS) is 12.8. The minimum absolute atomic E-state index is 0.0401. The van der Waals surface area contributed by atoms with Crippen LogP contribution in [0.2, 0.25) is 5.02 Å². The van der Waals surface area contributed by atoms with Crippen molar-refractivity contribution < 1.29 is 14.3 Å². The fourth-order valence-corrected chi connectivity index (χ4v) is 4.71. The molecular formula is C19H17ClN2O3S2. The van der Waals surface area contributed by atoms with Gasteiger partial charge in [-0.15, -0.1) is 22.7 Å². The molecule has 0 spiro atoms.